The van der Waals surface area contributed by atoms with Gasteiger partial charge in [-0.05, 0) is 44.9 Å². The zero-order valence-electron chi connectivity index (χ0n) is 12.4. The molecule has 0 aliphatic heterocycles. The van der Waals surface area contributed by atoms with Crippen molar-refractivity contribution in [3.05, 3.63) is 35.4 Å². The van der Waals surface area contributed by atoms with E-state index < -0.39 is 5.60 Å². The van der Waals surface area contributed by atoms with E-state index in [0.29, 0.717) is 18.4 Å². The van der Waals surface area contributed by atoms with E-state index in [1.54, 1.807) is 18.2 Å². The monoisotopic (exact) mass is 279 g/mol. The molecule has 0 aliphatic rings. The van der Waals surface area contributed by atoms with E-state index in [0.717, 1.165) is 5.56 Å². The van der Waals surface area contributed by atoms with Crippen molar-refractivity contribution in [1.82, 2.24) is 5.48 Å². The predicted molar refractivity (Wildman–Crippen MR) is 75.1 cm³/mol. The fourth-order valence-electron chi connectivity index (χ4n) is 1.61. The molecule has 0 radical (unpaired) electrons. The Balaban J connectivity index is 2.66. The van der Waals surface area contributed by atoms with E-state index in [4.69, 9.17) is 4.74 Å². The fourth-order valence-corrected chi connectivity index (χ4v) is 1.61. The van der Waals surface area contributed by atoms with Crippen LogP contribution >= 0.6 is 0 Å². The first-order chi connectivity index (χ1) is 9.31. The van der Waals surface area contributed by atoms with Crippen LogP contribution in [0, 0.1) is 0 Å². The third-order valence-electron chi connectivity index (χ3n) is 2.42. The predicted octanol–water partition coefficient (Wildman–Crippen LogP) is 2.25. The van der Waals surface area contributed by atoms with Gasteiger partial charge in [-0.15, -0.1) is 0 Å². The van der Waals surface area contributed by atoms with Gasteiger partial charge in [0.2, 0.25) is 5.91 Å². The first-order valence-electron chi connectivity index (χ1n) is 6.46. The molecule has 0 fully saturated rings. The number of rotatable bonds is 5. The number of benzene rings is 1. The minimum atomic E-state index is -0.522. The molecule has 0 unspecified atom stereocenters. The third-order valence-corrected chi connectivity index (χ3v) is 2.42. The van der Waals surface area contributed by atoms with Crippen LogP contribution in [0.15, 0.2) is 24.3 Å². The molecule has 0 aromatic heterocycles. The highest BCUT2D eigenvalue weighted by Crippen LogP contribution is 2.14. The zero-order valence-corrected chi connectivity index (χ0v) is 12.4. The number of hydroxylamine groups is 1. The lowest BCUT2D eigenvalue weighted by atomic mass is 10.1. The van der Waals surface area contributed by atoms with E-state index in [1.165, 1.54) is 7.11 Å². The second-order valence-corrected chi connectivity index (χ2v) is 5.43. The Morgan fingerprint density at radius 3 is 2.55 bits per heavy atom. The first kappa shape index (κ1) is 16.2. The van der Waals surface area contributed by atoms with E-state index >= 15 is 0 Å². The van der Waals surface area contributed by atoms with E-state index in [9.17, 15) is 9.59 Å². The second kappa shape index (κ2) is 7.05. The number of esters is 1. The van der Waals surface area contributed by atoms with E-state index in [1.807, 2.05) is 26.8 Å². The number of amides is 1. The van der Waals surface area contributed by atoms with Gasteiger partial charge >= 0.3 is 5.97 Å². The number of carbonyl (C=O) groups excluding carboxylic acids is 2. The maximum Gasteiger partial charge on any atom is 0.338 e. The number of carbonyl (C=O) groups is 2. The fraction of sp³-hybridized carbons (Fsp3) is 0.467. The minimum Gasteiger partial charge on any atom is -0.456 e. The molecular weight excluding hydrogens is 258 g/mol. The summed E-state index contributed by atoms with van der Waals surface area (Å²) in [4.78, 5) is 27.8. The average Bonchev–Trinajstić information content (AvgIpc) is 2.35. The SMILES string of the molecule is CONC(=O)CCc1cccc(C(=O)OC(C)(C)C)c1. The zero-order chi connectivity index (χ0) is 15.2. The van der Waals surface area contributed by atoms with Gasteiger partial charge in [0.15, 0.2) is 0 Å². The van der Waals surface area contributed by atoms with Crippen LogP contribution in [-0.4, -0.2) is 24.6 Å². The topological polar surface area (TPSA) is 64.6 Å². The molecule has 1 N–H and O–H groups in total. The molecule has 20 heavy (non-hydrogen) atoms. The standard InChI is InChI=1S/C15H21NO4/c1-15(2,3)20-14(18)12-7-5-6-11(10-12)8-9-13(17)16-19-4/h5-7,10H,8-9H2,1-4H3,(H,16,17). The molecule has 0 heterocycles. The Morgan fingerprint density at radius 2 is 1.95 bits per heavy atom. The summed E-state index contributed by atoms with van der Waals surface area (Å²) in [6, 6.07) is 7.09. The van der Waals surface area contributed by atoms with Crippen LogP contribution < -0.4 is 5.48 Å². The number of hydrogen-bond acceptors (Lipinski definition) is 4. The van der Waals surface area contributed by atoms with Crippen LogP contribution in [0.4, 0.5) is 0 Å². The van der Waals surface area contributed by atoms with Gasteiger partial charge in [0.1, 0.15) is 5.60 Å². The lowest BCUT2D eigenvalue weighted by Crippen LogP contribution is -2.24. The van der Waals surface area contributed by atoms with Crippen molar-refractivity contribution in [2.45, 2.75) is 39.2 Å². The summed E-state index contributed by atoms with van der Waals surface area (Å²) >= 11 is 0. The van der Waals surface area contributed by atoms with Crippen molar-refractivity contribution in [2.24, 2.45) is 0 Å². The summed E-state index contributed by atoms with van der Waals surface area (Å²) in [6.45, 7) is 5.47. The summed E-state index contributed by atoms with van der Waals surface area (Å²) in [5.74, 6) is -0.559. The molecule has 0 atom stereocenters. The molecule has 1 aromatic carbocycles. The molecule has 0 aliphatic carbocycles. The van der Waals surface area contributed by atoms with Gasteiger partial charge in [0.25, 0.3) is 0 Å². The summed E-state index contributed by atoms with van der Waals surface area (Å²) in [7, 11) is 1.39. The lowest BCUT2D eigenvalue weighted by Gasteiger charge is -2.19. The molecule has 1 amide bonds. The van der Waals surface area contributed by atoms with E-state index in [-0.39, 0.29) is 11.9 Å². The Hall–Kier alpha value is -1.88. The van der Waals surface area contributed by atoms with Crippen LogP contribution in [0.1, 0.15) is 43.1 Å². The van der Waals surface area contributed by atoms with Crippen LogP contribution in [0.3, 0.4) is 0 Å². The van der Waals surface area contributed by atoms with Gasteiger partial charge in [-0.25, -0.2) is 10.3 Å². The first-order valence-corrected chi connectivity index (χ1v) is 6.46. The smallest absolute Gasteiger partial charge is 0.338 e. The highest BCUT2D eigenvalue weighted by molar-refractivity contribution is 5.89. The summed E-state index contributed by atoms with van der Waals surface area (Å²) in [6.07, 6.45) is 0.831. The van der Waals surface area contributed by atoms with Crippen molar-refractivity contribution in [1.29, 1.82) is 0 Å². The molecule has 5 heteroatoms. The van der Waals surface area contributed by atoms with E-state index in [2.05, 4.69) is 10.3 Å². The molecule has 0 saturated heterocycles. The summed E-state index contributed by atoms with van der Waals surface area (Å²) < 4.78 is 5.30. The van der Waals surface area contributed by atoms with Crippen molar-refractivity contribution in [2.75, 3.05) is 7.11 Å². The van der Waals surface area contributed by atoms with Crippen molar-refractivity contribution in [3.8, 4) is 0 Å². The van der Waals surface area contributed by atoms with Crippen LogP contribution in [0.25, 0.3) is 0 Å². The van der Waals surface area contributed by atoms with Gasteiger partial charge in [0, 0.05) is 6.42 Å². The summed E-state index contributed by atoms with van der Waals surface area (Å²) in [5.41, 5.74) is 3.12. The van der Waals surface area contributed by atoms with Crippen LogP contribution in [0.5, 0.6) is 0 Å². The molecule has 0 bridgehead atoms. The largest absolute Gasteiger partial charge is 0.456 e. The molecule has 1 rings (SSSR count). The van der Waals surface area contributed by atoms with Crippen LogP contribution in [0.2, 0.25) is 0 Å². The Morgan fingerprint density at radius 1 is 1.25 bits per heavy atom. The third kappa shape index (κ3) is 5.84. The number of aryl methyl sites for hydroxylation is 1. The average molecular weight is 279 g/mol. The van der Waals surface area contributed by atoms with Gasteiger partial charge < -0.3 is 4.74 Å². The molecule has 5 nitrogen and oxygen atoms in total. The molecule has 1 aromatic rings. The lowest BCUT2D eigenvalue weighted by molar-refractivity contribution is -0.131. The second-order valence-electron chi connectivity index (χ2n) is 5.43. The van der Waals surface area contributed by atoms with Gasteiger partial charge in [0.05, 0.1) is 12.7 Å². The quantitative estimate of drug-likeness (QED) is 0.663. The number of nitrogens with one attached hydrogen (secondary N) is 1. The minimum absolute atomic E-state index is 0.199. The maximum atomic E-state index is 11.9. The summed E-state index contributed by atoms with van der Waals surface area (Å²) in [5, 5.41) is 0. The molecule has 0 spiro atoms. The van der Waals surface area contributed by atoms with Crippen LogP contribution in [-0.2, 0) is 20.8 Å². The highest BCUT2D eigenvalue weighted by atomic mass is 16.6. The van der Waals surface area contributed by atoms with Gasteiger partial charge in [-0.1, -0.05) is 12.1 Å². The highest BCUT2D eigenvalue weighted by Gasteiger charge is 2.17. The molecule has 110 valence electrons. The van der Waals surface area contributed by atoms with Crippen molar-refractivity contribution >= 4 is 11.9 Å². The normalized spacial score (nSPS) is 11.0. The molecule has 0 saturated carbocycles. The Labute approximate surface area is 119 Å². The Bertz CT molecular complexity index is 477. The Kier molecular flexibility index (Phi) is 5.70. The molecular formula is C15H21NO4. The van der Waals surface area contributed by atoms with Gasteiger partial charge in [-0.2, -0.15) is 0 Å². The maximum absolute atomic E-state index is 11.9. The number of ether oxygens (including phenoxy) is 1. The van der Waals surface area contributed by atoms with Gasteiger partial charge in [-0.3, -0.25) is 9.63 Å². The number of hydrogen-bond donors (Lipinski definition) is 1. The van der Waals surface area contributed by atoms with Crippen molar-refractivity contribution < 1.29 is 19.2 Å². The van der Waals surface area contributed by atoms with Crippen molar-refractivity contribution in [3.63, 3.8) is 0 Å².